The molecule has 116 valence electrons. The Bertz CT molecular complexity index is 537. The van der Waals surface area contributed by atoms with Gasteiger partial charge in [-0.25, -0.2) is 4.79 Å². The Hall–Kier alpha value is -1.36. The normalized spacial score (nSPS) is 42.9. The number of carbonyl (C=O) groups is 2. The molecule has 3 aliphatic rings. The van der Waals surface area contributed by atoms with E-state index in [0.717, 1.165) is 5.57 Å². The lowest BCUT2D eigenvalue weighted by Gasteiger charge is -2.34. The second-order valence-corrected chi connectivity index (χ2v) is 7.24. The van der Waals surface area contributed by atoms with Gasteiger partial charge >= 0.3 is 11.9 Å². The second-order valence-electron chi connectivity index (χ2n) is 7.24. The summed E-state index contributed by atoms with van der Waals surface area (Å²) < 4.78 is 10.9. The van der Waals surface area contributed by atoms with Crippen molar-refractivity contribution in [2.24, 2.45) is 22.7 Å². The van der Waals surface area contributed by atoms with Gasteiger partial charge in [0.05, 0.1) is 18.6 Å². The van der Waals surface area contributed by atoms with E-state index in [-0.39, 0.29) is 31.0 Å². The molecule has 2 saturated carbocycles. The van der Waals surface area contributed by atoms with E-state index in [1.54, 1.807) is 0 Å². The first-order valence-electron chi connectivity index (χ1n) is 7.41. The first kappa shape index (κ1) is 14.6. The summed E-state index contributed by atoms with van der Waals surface area (Å²) in [7, 11) is 0. The van der Waals surface area contributed by atoms with Crippen LogP contribution in [0.2, 0.25) is 0 Å². The Morgan fingerprint density at radius 2 is 2.05 bits per heavy atom. The minimum atomic E-state index is -1.16. The molecule has 3 fully saturated rings. The zero-order valence-electron chi connectivity index (χ0n) is 12.8. The van der Waals surface area contributed by atoms with Crippen molar-refractivity contribution in [2.45, 2.75) is 39.2 Å². The van der Waals surface area contributed by atoms with Crippen LogP contribution in [0.15, 0.2) is 12.2 Å². The van der Waals surface area contributed by atoms with Gasteiger partial charge in [-0.1, -0.05) is 26.0 Å². The van der Waals surface area contributed by atoms with E-state index in [4.69, 9.17) is 14.6 Å². The van der Waals surface area contributed by atoms with Crippen LogP contribution in [-0.4, -0.2) is 35.9 Å². The lowest BCUT2D eigenvalue weighted by Crippen LogP contribution is -2.49. The highest BCUT2D eigenvalue weighted by Crippen LogP contribution is 2.65. The molecule has 0 aromatic rings. The molecule has 1 N–H and O–H groups in total. The van der Waals surface area contributed by atoms with Gasteiger partial charge in [-0.3, -0.25) is 4.79 Å². The highest BCUT2D eigenvalue weighted by atomic mass is 16.6. The molecule has 21 heavy (non-hydrogen) atoms. The van der Waals surface area contributed by atoms with Crippen LogP contribution in [0.25, 0.3) is 0 Å². The van der Waals surface area contributed by atoms with Crippen molar-refractivity contribution in [2.75, 3.05) is 13.2 Å². The van der Waals surface area contributed by atoms with Crippen LogP contribution in [-0.2, 0) is 19.1 Å². The summed E-state index contributed by atoms with van der Waals surface area (Å²) in [5, 5.41) is 9.11. The fraction of sp³-hybridized carbons (Fsp3) is 0.750. The number of rotatable bonds is 4. The zero-order chi connectivity index (χ0) is 15.6. The Kier molecular flexibility index (Phi) is 2.84. The summed E-state index contributed by atoms with van der Waals surface area (Å²) >= 11 is 0. The van der Waals surface area contributed by atoms with Crippen molar-refractivity contribution < 1.29 is 24.2 Å². The number of hydrogen-bond donors (Lipinski definition) is 1. The maximum absolute atomic E-state index is 12.6. The lowest BCUT2D eigenvalue weighted by atomic mass is 9.66. The molecule has 3 rings (SSSR count). The van der Waals surface area contributed by atoms with Crippen molar-refractivity contribution in [3.8, 4) is 0 Å². The van der Waals surface area contributed by atoms with Crippen molar-refractivity contribution in [1.29, 1.82) is 0 Å². The highest BCUT2D eigenvalue weighted by molar-refractivity contribution is 5.93. The SMILES string of the molecule is C=C1C(CO)C1COC(=O)C12CCC(C)(C(=O)O1)C2(C)C. The first-order chi connectivity index (χ1) is 9.71. The number of carbonyl (C=O) groups excluding carboxylic acids is 2. The van der Waals surface area contributed by atoms with Crippen molar-refractivity contribution in [3.63, 3.8) is 0 Å². The molecular formula is C16H22O5. The van der Waals surface area contributed by atoms with Crippen molar-refractivity contribution in [1.82, 2.24) is 0 Å². The molecule has 5 heteroatoms. The topological polar surface area (TPSA) is 72.8 Å². The van der Waals surface area contributed by atoms with Crippen LogP contribution in [0.3, 0.4) is 0 Å². The van der Waals surface area contributed by atoms with Gasteiger partial charge in [0.25, 0.3) is 0 Å². The van der Waals surface area contributed by atoms with Crippen LogP contribution >= 0.6 is 0 Å². The molecule has 4 atom stereocenters. The maximum atomic E-state index is 12.6. The van der Waals surface area contributed by atoms with Crippen LogP contribution in [0, 0.1) is 22.7 Å². The molecule has 0 aromatic carbocycles. The number of aliphatic hydroxyl groups is 1. The number of ether oxygens (including phenoxy) is 2. The largest absolute Gasteiger partial charge is 0.462 e. The minimum absolute atomic E-state index is 0.0308. The predicted octanol–water partition coefficient (Wildman–Crippen LogP) is 1.45. The molecule has 1 heterocycles. The van der Waals surface area contributed by atoms with Crippen LogP contribution < -0.4 is 0 Å². The van der Waals surface area contributed by atoms with Crippen LogP contribution in [0.1, 0.15) is 33.6 Å². The zero-order valence-corrected chi connectivity index (χ0v) is 12.8. The van der Waals surface area contributed by atoms with E-state index in [0.29, 0.717) is 12.8 Å². The van der Waals surface area contributed by atoms with Crippen molar-refractivity contribution >= 4 is 11.9 Å². The molecule has 1 saturated heterocycles. The van der Waals surface area contributed by atoms with E-state index in [1.807, 2.05) is 20.8 Å². The first-order valence-corrected chi connectivity index (χ1v) is 7.41. The van der Waals surface area contributed by atoms with E-state index in [9.17, 15) is 9.59 Å². The fourth-order valence-corrected chi connectivity index (χ4v) is 3.90. The van der Waals surface area contributed by atoms with Gasteiger partial charge in [-0.2, -0.15) is 0 Å². The Labute approximate surface area is 124 Å². The average molecular weight is 294 g/mol. The van der Waals surface area contributed by atoms with Gasteiger partial charge in [0, 0.05) is 17.3 Å². The molecule has 0 amide bonds. The van der Waals surface area contributed by atoms with E-state index in [2.05, 4.69) is 6.58 Å². The van der Waals surface area contributed by atoms with Gasteiger partial charge in [0.2, 0.25) is 5.60 Å². The maximum Gasteiger partial charge on any atom is 0.351 e. The summed E-state index contributed by atoms with van der Waals surface area (Å²) in [4.78, 5) is 24.7. The average Bonchev–Trinajstić information content (AvgIpc) is 2.97. The number of aliphatic hydroxyl groups excluding tert-OH is 1. The molecular weight excluding hydrogens is 272 g/mol. The van der Waals surface area contributed by atoms with Crippen molar-refractivity contribution in [3.05, 3.63) is 12.2 Å². The molecule has 0 radical (unpaired) electrons. The summed E-state index contributed by atoms with van der Waals surface area (Å²) in [5.74, 6) is -0.704. The second kappa shape index (κ2) is 4.09. The van der Waals surface area contributed by atoms with Gasteiger partial charge < -0.3 is 14.6 Å². The van der Waals surface area contributed by atoms with Gasteiger partial charge in [0.15, 0.2) is 0 Å². The number of hydrogen-bond acceptors (Lipinski definition) is 5. The van der Waals surface area contributed by atoms with E-state index < -0.39 is 22.4 Å². The van der Waals surface area contributed by atoms with Crippen LogP contribution in [0.4, 0.5) is 0 Å². The monoisotopic (exact) mass is 294 g/mol. The summed E-state index contributed by atoms with van der Waals surface area (Å²) in [6, 6.07) is 0. The molecule has 0 aromatic heterocycles. The molecule has 4 unspecified atom stereocenters. The highest BCUT2D eigenvalue weighted by Gasteiger charge is 2.76. The van der Waals surface area contributed by atoms with Gasteiger partial charge in [-0.15, -0.1) is 0 Å². The summed E-state index contributed by atoms with van der Waals surface area (Å²) in [5.41, 5.74) is -1.45. The third-order valence-corrected chi connectivity index (χ3v) is 6.33. The smallest absolute Gasteiger partial charge is 0.351 e. The van der Waals surface area contributed by atoms with E-state index >= 15 is 0 Å². The van der Waals surface area contributed by atoms with E-state index in [1.165, 1.54) is 0 Å². The molecule has 1 aliphatic heterocycles. The molecule has 2 aliphatic carbocycles. The molecule has 5 nitrogen and oxygen atoms in total. The Morgan fingerprint density at radius 3 is 2.48 bits per heavy atom. The van der Waals surface area contributed by atoms with Gasteiger partial charge in [-0.05, 0) is 19.8 Å². The lowest BCUT2D eigenvalue weighted by molar-refractivity contribution is -0.183. The summed E-state index contributed by atoms with van der Waals surface area (Å²) in [6.07, 6.45) is 1.15. The van der Waals surface area contributed by atoms with Gasteiger partial charge in [0.1, 0.15) is 0 Å². The third kappa shape index (κ3) is 1.55. The summed E-state index contributed by atoms with van der Waals surface area (Å²) in [6.45, 7) is 9.74. The Morgan fingerprint density at radius 1 is 1.38 bits per heavy atom. The molecule has 0 spiro atoms. The Balaban J connectivity index is 1.73. The molecule has 2 bridgehead atoms. The third-order valence-electron chi connectivity index (χ3n) is 6.33. The minimum Gasteiger partial charge on any atom is -0.462 e. The predicted molar refractivity (Wildman–Crippen MR) is 74.1 cm³/mol. The fourth-order valence-electron chi connectivity index (χ4n) is 3.90. The van der Waals surface area contributed by atoms with Crippen LogP contribution in [0.5, 0.6) is 0 Å². The number of esters is 2. The number of fused-ring (bicyclic) bond motifs is 2. The quantitative estimate of drug-likeness (QED) is 0.627. The standard InChI is InChI=1S/C16H22O5/c1-9-10(7-17)11(9)8-20-13(19)16-6-5-15(4,12(18)21-16)14(16,2)3/h10-11,17H,1,5-8H2,2-4H3.